The summed E-state index contributed by atoms with van der Waals surface area (Å²) in [6.07, 6.45) is 1.74. The molecule has 1 fully saturated rings. The second-order valence-electron chi connectivity index (χ2n) is 7.94. The third-order valence-electron chi connectivity index (χ3n) is 5.55. The summed E-state index contributed by atoms with van der Waals surface area (Å²) < 4.78 is 56.2. The van der Waals surface area contributed by atoms with E-state index in [1.54, 1.807) is 24.3 Å². The smallest absolute Gasteiger partial charge is 0.338 e. The lowest BCUT2D eigenvalue weighted by molar-refractivity contribution is -0.134. The Morgan fingerprint density at radius 1 is 1.20 bits per heavy atom. The van der Waals surface area contributed by atoms with Crippen molar-refractivity contribution in [2.75, 3.05) is 36.0 Å². The first kappa shape index (κ1) is 26.7. The molecule has 9 nitrogen and oxygen atoms in total. The zero-order valence-corrected chi connectivity index (χ0v) is 21.4. The molecule has 3 rings (SSSR count). The number of ether oxygens (including phenoxy) is 1. The molecule has 1 aliphatic heterocycles. The Balaban J connectivity index is 1.75. The van der Waals surface area contributed by atoms with E-state index < -0.39 is 44.4 Å². The van der Waals surface area contributed by atoms with E-state index in [0.29, 0.717) is 6.42 Å². The van der Waals surface area contributed by atoms with E-state index in [1.807, 2.05) is 0 Å². The van der Waals surface area contributed by atoms with Crippen LogP contribution in [0.1, 0.15) is 16.8 Å². The second-order valence-corrected chi connectivity index (χ2v) is 12.4. The van der Waals surface area contributed by atoms with Gasteiger partial charge >= 0.3 is 5.97 Å². The van der Waals surface area contributed by atoms with Crippen molar-refractivity contribution < 1.29 is 31.2 Å². The van der Waals surface area contributed by atoms with Crippen LogP contribution in [0.3, 0.4) is 0 Å². The lowest BCUT2D eigenvalue weighted by Gasteiger charge is -2.24. The van der Waals surface area contributed by atoms with E-state index in [-0.39, 0.29) is 39.2 Å². The number of sulfone groups is 1. The summed E-state index contributed by atoms with van der Waals surface area (Å²) in [5, 5.41) is 0.228. The maximum atomic E-state index is 13.4. The fourth-order valence-electron chi connectivity index (χ4n) is 3.60. The van der Waals surface area contributed by atoms with E-state index in [2.05, 4.69) is 6.58 Å². The molecule has 2 aromatic rings. The maximum absolute atomic E-state index is 13.4. The first-order valence-electron chi connectivity index (χ1n) is 10.6. The van der Waals surface area contributed by atoms with Gasteiger partial charge in [0.1, 0.15) is 0 Å². The highest BCUT2D eigenvalue weighted by Crippen LogP contribution is 2.30. The predicted molar refractivity (Wildman–Crippen MR) is 133 cm³/mol. The number of sulfonamides is 1. The van der Waals surface area contributed by atoms with Crippen molar-refractivity contribution >= 4 is 49.0 Å². The lowest BCUT2D eigenvalue weighted by Crippen LogP contribution is -2.40. The Kier molecular flexibility index (Phi) is 8.24. The fourth-order valence-corrected chi connectivity index (χ4v) is 7.17. The standard InChI is InChI=1S/C23H25ClN2O7S2/c1-3-12-26(21-10-5-4-9-20(21)24)35(31,32)19-8-6-7-17(14-19)23(28)33-15-22(27)25(2)18-11-13-34(29,30)16-18/h3-10,14,18H,1,11-13,15-16H2,2H3/t18-/m0/s1. The molecule has 2 aromatic carbocycles. The molecule has 188 valence electrons. The zero-order valence-electron chi connectivity index (χ0n) is 19.0. The molecular formula is C23H25ClN2O7S2. The first-order chi connectivity index (χ1) is 16.5. The van der Waals surface area contributed by atoms with E-state index >= 15 is 0 Å². The molecule has 1 atom stereocenters. The van der Waals surface area contributed by atoms with Gasteiger partial charge in [-0.1, -0.05) is 35.9 Å². The van der Waals surface area contributed by atoms with Gasteiger partial charge < -0.3 is 9.64 Å². The number of amides is 1. The Labute approximate surface area is 209 Å². The van der Waals surface area contributed by atoms with Gasteiger partial charge in [-0.05, 0) is 36.8 Å². The molecular weight excluding hydrogens is 516 g/mol. The average Bonchev–Trinajstić information content (AvgIpc) is 3.20. The number of carbonyl (C=O) groups is 2. The summed E-state index contributed by atoms with van der Waals surface area (Å²) in [4.78, 5) is 26.0. The van der Waals surface area contributed by atoms with Crippen LogP contribution >= 0.6 is 11.6 Å². The van der Waals surface area contributed by atoms with Gasteiger partial charge in [-0.25, -0.2) is 21.6 Å². The quantitative estimate of drug-likeness (QED) is 0.354. The van der Waals surface area contributed by atoms with Crippen molar-refractivity contribution in [3.63, 3.8) is 0 Å². The minimum Gasteiger partial charge on any atom is -0.452 e. The van der Waals surface area contributed by atoms with Crippen molar-refractivity contribution in [2.24, 2.45) is 0 Å². The number of rotatable bonds is 9. The number of anilines is 1. The molecule has 12 heteroatoms. The maximum Gasteiger partial charge on any atom is 0.338 e. The van der Waals surface area contributed by atoms with Crippen LogP contribution in [-0.2, 0) is 29.4 Å². The Morgan fingerprint density at radius 2 is 1.91 bits per heavy atom. The van der Waals surface area contributed by atoms with E-state index in [1.165, 1.54) is 36.2 Å². The minimum absolute atomic E-state index is 0.00735. The number of benzene rings is 2. The minimum atomic E-state index is -4.12. The summed E-state index contributed by atoms with van der Waals surface area (Å²) in [5.41, 5.74) is 0.187. The predicted octanol–water partition coefficient (Wildman–Crippen LogP) is 2.52. The second kappa shape index (κ2) is 10.8. The van der Waals surface area contributed by atoms with Crippen molar-refractivity contribution in [3.8, 4) is 0 Å². The van der Waals surface area contributed by atoms with Gasteiger partial charge in [-0.15, -0.1) is 6.58 Å². The molecule has 1 heterocycles. The molecule has 1 aliphatic rings. The molecule has 35 heavy (non-hydrogen) atoms. The summed E-state index contributed by atoms with van der Waals surface area (Å²) in [7, 11) is -5.85. The molecule has 0 unspecified atom stereocenters. The first-order valence-corrected chi connectivity index (χ1v) is 14.2. The van der Waals surface area contributed by atoms with Crippen LogP contribution in [-0.4, -0.2) is 71.4 Å². The highest BCUT2D eigenvalue weighted by Gasteiger charge is 2.33. The third kappa shape index (κ3) is 6.22. The van der Waals surface area contributed by atoms with Crippen LogP contribution in [0.15, 0.2) is 66.1 Å². The van der Waals surface area contributed by atoms with Gasteiger partial charge in [0.2, 0.25) is 0 Å². The number of esters is 1. The average molecular weight is 541 g/mol. The molecule has 0 aromatic heterocycles. The number of nitrogens with zero attached hydrogens (tertiary/aromatic N) is 2. The molecule has 0 saturated carbocycles. The van der Waals surface area contributed by atoms with E-state index in [4.69, 9.17) is 16.3 Å². The van der Waals surface area contributed by atoms with E-state index in [9.17, 15) is 26.4 Å². The van der Waals surface area contributed by atoms with Crippen LogP contribution in [0.5, 0.6) is 0 Å². The Hall–Kier alpha value is -2.89. The topological polar surface area (TPSA) is 118 Å². The normalized spacial score (nSPS) is 16.9. The highest BCUT2D eigenvalue weighted by atomic mass is 35.5. The van der Waals surface area contributed by atoms with Crippen molar-refractivity contribution in [1.29, 1.82) is 0 Å². The number of hydrogen-bond donors (Lipinski definition) is 0. The molecule has 1 amide bonds. The van der Waals surface area contributed by atoms with Crippen LogP contribution in [0.4, 0.5) is 5.69 Å². The number of hydrogen-bond acceptors (Lipinski definition) is 7. The van der Waals surface area contributed by atoms with Gasteiger partial charge in [0.25, 0.3) is 15.9 Å². The highest BCUT2D eigenvalue weighted by molar-refractivity contribution is 7.93. The van der Waals surface area contributed by atoms with Crippen molar-refractivity contribution in [2.45, 2.75) is 17.4 Å². The van der Waals surface area contributed by atoms with Gasteiger partial charge in [0.15, 0.2) is 16.4 Å². The third-order valence-corrected chi connectivity index (χ3v) is 9.40. The number of para-hydroxylation sites is 1. The van der Waals surface area contributed by atoms with Crippen LogP contribution in [0, 0.1) is 0 Å². The summed E-state index contributed by atoms with van der Waals surface area (Å²) in [5.74, 6) is -1.57. The summed E-state index contributed by atoms with van der Waals surface area (Å²) >= 11 is 6.21. The van der Waals surface area contributed by atoms with Gasteiger partial charge in [-0.3, -0.25) is 9.10 Å². The van der Waals surface area contributed by atoms with E-state index in [0.717, 1.165) is 10.4 Å². The molecule has 0 radical (unpaired) electrons. The molecule has 0 aliphatic carbocycles. The molecule has 0 N–H and O–H groups in total. The zero-order chi connectivity index (χ0) is 25.8. The number of likely N-dealkylation sites (N-methyl/N-ethyl adjacent to an activating group) is 1. The van der Waals surface area contributed by atoms with Crippen LogP contribution in [0.25, 0.3) is 0 Å². The summed E-state index contributed by atoms with van der Waals surface area (Å²) in [6.45, 7) is 2.94. The Bertz CT molecular complexity index is 1340. The summed E-state index contributed by atoms with van der Waals surface area (Å²) in [6, 6.07) is 11.2. The van der Waals surface area contributed by atoms with Gasteiger partial charge in [0.05, 0.1) is 39.2 Å². The monoisotopic (exact) mass is 540 g/mol. The van der Waals surface area contributed by atoms with Crippen molar-refractivity contribution in [3.05, 3.63) is 71.8 Å². The van der Waals surface area contributed by atoms with Gasteiger partial charge in [0, 0.05) is 13.1 Å². The number of carbonyl (C=O) groups excluding carboxylic acids is 2. The Morgan fingerprint density at radius 3 is 2.54 bits per heavy atom. The molecule has 0 spiro atoms. The lowest BCUT2D eigenvalue weighted by atomic mass is 10.2. The number of halogens is 1. The van der Waals surface area contributed by atoms with Crippen molar-refractivity contribution in [1.82, 2.24) is 4.90 Å². The van der Waals surface area contributed by atoms with Crippen LogP contribution in [0.2, 0.25) is 5.02 Å². The molecule has 0 bridgehead atoms. The molecule has 1 saturated heterocycles. The SMILES string of the molecule is C=CCN(c1ccccc1Cl)S(=O)(=O)c1cccc(C(=O)OCC(=O)N(C)[C@H]2CCS(=O)(=O)C2)c1. The largest absolute Gasteiger partial charge is 0.452 e. The van der Waals surface area contributed by atoms with Crippen LogP contribution < -0.4 is 4.31 Å². The van der Waals surface area contributed by atoms with Gasteiger partial charge in [-0.2, -0.15) is 0 Å². The fraction of sp³-hybridized carbons (Fsp3) is 0.304.